The van der Waals surface area contributed by atoms with Crippen LogP contribution in [0.2, 0.25) is 0 Å². The van der Waals surface area contributed by atoms with E-state index in [1.54, 1.807) is 0 Å². The lowest BCUT2D eigenvalue weighted by Gasteiger charge is -2.41. The smallest absolute Gasteiger partial charge is 0.457 e. The van der Waals surface area contributed by atoms with Gasteiger partial charge >= 0.3 is 13.8 Å². The highest BCUT2D eigenvalue weighted by molar-refractivity contribution is 7.47. The Bertz CT molecular complexity index is 890. The Morgan fingerprint density at radius 1 is 0.620 bits per heavy atom. The van der Waals surface area contributed by atoms with Gasteiger partial charge in [0.2, 0.25) is 0 Å². The van der Waals surface area contributed by atoms with E-state index < -0.39 is 63.1 Å². The molecular weight excluding hydrogens is 667 g/mol. The molecule has 0 aromatic carbocycles. The second-order valence-corrected chi connectivity index (χ2v) is 15.2. The number of phosphoric ester groups is 1. The average Bonchev–Trinajstić information content (AvgIpc) is 3.09. The monoisotopic (exact) mass is 738 g/mol. The molecule has 0 radical (unpaired) electrons. The van der Waals surface area contributed by atoms with Gasteiger partial charge in [0, 0.05) is 13.0 Å². The molecule has 6 N–H and O–H groups in total. The van der Waals surface area contributed by atoms with Crippen LogP contribution in [0.5, 0.6) is 0 Å². The summed E-state index contributed by atoms with van der Waals surface area (Å²) in [6.07, 6.45) is 15.8. The van der Waals surface area contributed by atoms with Crippen LogP contribution >= 0.6 is 7.82 Å². The second-order valence-electron chi connectivity index (χ2n) is 13.8. The fourth-order valence-corrected chi connectivity index (χ4v) is 6.91. The zero-order chi connectivity index (χ0) is 37.0. The Balaban J connectivity index is 2.48. The number of ether oxygens (including phenoxy) is 2. The summed E-state index contributed by atoms with van der Waals surface area (Å²) in [5, 5.41) is 49.9. The number of hydrogen-bond donors (Lipinski definition) is 6. The van der Waals surface area contributed by atoms with Crippen molar-refractivity contribution in [3.63, 3.8) is 0 Å². The van der Waals surface area contributed by atoms with Crippen molar-refractivity contribution >= 4 is 13.8 Å². The molecule has 6 atom stereocenters. The molecule has 0 spiro atoms. The first kappa shape index (κ1) is 47.1. The SMILES string of the molecule is CCCCCC/C=C\CCCCCCCC(=O)OC(COCCCCCCCCCCCC)COP(=O)(O)OC1C(O)C(O)C(O)C(O)C1O. The number of unbranched alkanes of at least 4 members (excludes halogenated alkanes) is 18. The van der Waals surface area contributed by atoms with Gasteiger partial charge in [-0.1, -0.05) is 122 Å². The molecular formula is C37H71O12P. The van der Waals surface area contributed by atoms with E-state index in [0.29, 0.717) is 13.0 Å². The van der Waals surface area contributed by atoms with E-state index in [0.717, 1.165) is 57.8 Å². The maximum Gasteiger partial charge on any atom is 0.472 e. The summed E-state index contributed by atoms with van der Waals surface area (Å²) < 4.78 is 33.9. The van der Waals surface area contributed by atoms with Crippen LogP contribution in [0, 0.1) is 0 Å². The van der Waals surface area contributed by atoms with E-state index in [2.05, 4.69) is 26.0 Å². The lowest BCUT2D eigenvalue weighted by Crippen LogP contribution is -2.64. The minimum absolute atomic E-state index is 0.0758. The third-order valence-electron chi connectivity index (χ3n) is 9.14. The zero-order valence-corrected chi connectivity index (χ0v) is 31.8. The summed E-state index contributed by atoms with van der Waals surface area (Å²) in [5.41, 5.74) is 0. The largest absolute Gasteiger partial charge is 0.472 e. The summed E-state index contributed by atoms with van der Waals surface area (Å²) in [6.45, 7) is 4.20. The molecule has 12 nitrogen and oxygen atoms in total. The number of esters is 1. The fourth-order valence-electron chi connectivity index (χ4n) is 5.94. The summed E-state index contributed by atoms with van der Waals surface area (Å²) >= 11 is 0. The molecule has 1 rings (SSSR count). The van der Waals surface area contributed by atoms with E-state index in [4.69, 9.17) is 18.5 Å². The van der Waals surface area contributed by atoms with Gasteiger partial charge in [0.1, 0.15) is 42.7 Å². The molecule has 0 aliphatic heterocycles. The van der Waals surface area contributed by atoms with Crippen LogP contribution < -0.4 is 0 Å². The van der Waals surface area contributed by atoms with Crippen molar-refractivity contribution in [1.29, 1.82) is 0 Å². The molecule has 6 unspecified atom stereocenters. The number of phosphoric acid groups is 1. The molecule has 0 saturated heterocycles. The van der Waals surface area contributed by atoms with Gasteiger partial charge in [0.05, 0.1) is 13.2 Å². The Hall–Kier alpha value is -0.920. The van der Waals surface area contributed by atoms with E-state index in [9.17, 15) is 39.8 Å². The van der Waals surface area contributed by atoms with Crippen molar-refractivity contribution in [3.05, 3.63) is 12.2 Å². The molecule has 0 bridgehead atoms. The summed E-state index contributed by atoms with van der Waals surface area (Å²) in [6, 6.07) is 0. The predicted octanol–water partition coefficient (Wildman–Crippen LogP) is 6.41. The molecule has 1 saturated carbocycles. The average molecular weight is 739 g/mol. The van der Waals surface area contributed by atoms with Gasteiger partial charge in [0.25, 0.3) is 0 Å². The van der Waals surface area contributed by atoms with Gasteiger partial charge in [-0.2, -0.15) is 0 Å². The minimum atomic E-state index is -5.00. The Kier molecular flexibility index (Phi) is 27.8. The first-order chi connectivity index (χ1) is 24.0. The van der Waals surface area contributed by atoms with Crippen LogP contribution in [0.25, 0.3) is 0 Å². The first-order valence-corrected chi connectivity index (χ1v) is 21.0. The standard InChI is InChI=1S/C37H71O12P/c1-3-5-7-9-11-13-15-16-17-18-20-22-24-26-31(38)48-30(28-46-27-25-23-21-19-14-12-10-8-6-4-2)29-47-50(44,45)49-37-35(42)33(40)32(39)34(41)36(37)43/h13,15,30,32-37,39-43H,3-12,14,16-29H2,1-2H3,(H,44,45)/b15-13-. The molecule has 1 aliphatic carbocycles. The number of rotatable bonds is 32. The Morgan fingerprint density at radius 3 is 1.60 bits per heavy atom. The van der Waals surface area contributed by atoms with Crippen molar-refractivity contribution in [3.8, 4) is 0 Å². The predicted molar refractivity (Wildman–Crippen MR) is 193 cm³/mol. The number of carbonyl (C=O) groups is 1. The van der Waals surface area contributed by atoms with Crippen molar-refractivity contribution in [2.45, 2.75) is 198 Å². The van der Waals surface area contributed by atoms with E-state index in [-0.39, 0.29) is 13.0 Å². The molecule has 0 aromatic heterocycles. The number of allylic oxidation sites excluding steroid dienone is 2. The third-order valence-corrected chi connectivity index (χ3v) is 10.1. The minimum Gasteiger partial charge on any atom is -0.457 e. The zero-order valence-electron chi connectivity index (χ0n) is 31.0. The fraction of sp³-hybridized carbons (Fsp3) is 0.919. The highest BCUT2D eigenvalue weighted by Gasteiger charge is 2.51. The maximum atomic E-state index is 12.7. The number of hydrogen-bond acceptors (Lipinski definition) is 11. The maximum absolute atomic E-state index is 12.7. The number of aliphatic hydroxyl groups excluding tert-OH is 5. The van der Waals surface area contributed by atoms with Crippen LogP contribution in [0.15, 0.2) is 12.2 Å². The van der Waals surface area contributed by atoms with Crippen LogP contribution in [0.1, 0.15) is 155 Å². The summed E-state index contributed by atoms with van der Waals surface area (Å²) in [5.74, 6) is -0.487. The Labute approximate surface area is 301 Å². The topological polar surface area (TPSA) is 192 Å². The summed E-state index contributed by atoms with van der Waals surface area (Å²) in [4.78, 5) is 23.0. The van der Waals surface area contributed by atoms with Gasteiger partial charge in [-0.3, -0.25) is 13.8 Å². The molecule has 296 valence electrons. The molecule has 1 fully saturated rings. The van der Waals surface area contributed by atoms with Crippen molar-refractivity contribution in [1.82, 2.24) is 0 Å². The third kappa shape index (κ3) is 22.2. The van der Waals surface area contributed by atoms with Crippen LogP contribution in [-0.4, -0.2) is 98.9 Å². The second kappa shape index (κ2) is 29.5. The number of carbonyl (C=O) groups excluding carboxylic acids is 1. The first-order valence-electron chi connectivity index (χ1n) is 19.5. The van der Waals surface area contributed by atoms with Crippen molar-refractivity contribution in [2.24, 2.45) is 0 Å². The summed E-state index contributed by atoms with van der Waals surface area (Å²) in [7, 11) is -5.00. The lowest BCUT2D eigenvalue weighted by atomic mass is 9.85. The molecule has 0 heterocycles. The number of aliphatic hydroxyl groups is 5. The highest BCUT2D eigenvalue weighted by atomic mass is 31.2. The van der Waals surface area contributed by atoms with E-state index in [1.165, 1.54) is 70.6 Å². The van der Waals surface area contributed by atoms with Crippen LogP contribution in [0.4, 0.5) is 0 Å². The molecule has 13 heteroatoms. The molecule has 50 heavy (non-hydrogen) atoms. The molecule has 1 aliphatic rings. The van der Waals surface area contributed by atoms with Gasteiger partial charge in [0.15, 0.2) is 0 Å². The molecule has 0 amide bonds. The quantitative estimate of drug-likeness (QED) is 0.0193. The van der Waals surface area contributed by atoms with Gasteiger partial charge < -0.3 is 39.9 Å². The van der Waals surface area contributed by atoms with Crippen molar-refractivity contribution < 1.29 is 58.3 Å². The van der Waals surface area contributed by atoms with Gasteiger partial charge in [-0.25, -0.2) is 4.57 Å². The normalized spacial score (nSPS) is 24.4. The van der Waals surface area contributed by atoms with E-state index in [1.807, 2.05) is 0 Å². The Morgan fingerprint density at radius 2 is 1.06 bits per heavy atom. The van der Waals surface area contributed by atoms with Crippen LogP contribution in [0.3, 0.4) is 0 Å². The molecule has 0 aromatic rings. The lowest BCUT2D eigenvalue weighted by molar-refractivity contribution is -0.220. The highest BCUT2D eigenvalue weighted by Crippen LogP contribution is 2.47. The van der Waals surface area contributed by atoms with E-state index >= 15 is 0 Å². The van der Waals surface area contributed by atoms with Gasteiger partial charge in [-0.05, 0) is 38.5 Å². The van der Waals surface area contributed by atoms with Gasteiger partial charge in [-0.15, -0.1) is 0 Å². The van der Waals surface area contributed by atoms with Crippen LogP contribution in [-0.2, 0) is 27.9 Å². The van der Waals surface area contributed by atoms with Crippen molar-refractivity contribution in [2.75, 3.05) is 19.8 Å².